The summed E-state index contributed by atoms with van der Waals surface area (Å²) in [5.74, 6) is 6.07. The standard InChI is InChI=1S/C32H34F3N7O/c1-20(2)42-18-25(28-29(36)37-19-38-30(28)42)8-7-22-15-23(6-5-21(22)3)31(43)39-26-10-9-24(27(16-26)32(33,34)35)17-41-13-11-40(4)12-14-41/h5-6,9-10,15-16,18-20H,11-14,17H2,1-4H3,(H,39,43)(H2,36,37,38). The van der Waals surface area contributed by atoms with Crippen LogP contribution in [0.25, 0.3) is 11.0 Å². The van der Waals surface area contributed by atoms with Crippen LogP contribution in [0.15, 0.2) is 48.9 Å². The zero-order valence-electron chi connectivity index (χ0n) is 24.6. The number of carbonyl (C=O) groups is 1. The number of amides is 1. The molecule has 1 aliphatic rings. The Balaban J connectivity index is 1.39. The second kappa shape index (κ2) is 12.1. The molecule has 2 aromatic heterocycles. The van der Waals surface area contributed by atoms with Gasteiger partial charge in [-0.3, -0.25) is 9.69 Å². The number of alkyl halides is 3. The molecular formula is C32H34F3N7O. The zero-order chi connectivity index (χ0) is 30.9. The number of nitrogen functional groups attached to an aromatic ring is 1. The third kappa shape index (κ3) is 6.66. The minimum absolute atomic E-state index is 0.0737. The molecule has 11 heteroatoms. The average molecular weight is 590 g/mol. The molecule has 4 aromatic rings. The van der Waals surface area contributed by atoms with Crippen LogP contribution in [-0.2, 0) is 12.7 Å². The first-order chi connectivity index (χ1) is 20.4. The summed E-state index contributed by atoms with van der Waals surface area (Å²) in [5, 5.41) is 3.29. The Kier molecular flexibility index (Phi) is 8.44. The Morgan fingerprint density at radius 2 is 1.77 bits per heavy atom. The molecule has 0 spiro atoms. The summed E-state index contributed by atoms with van der Waals surface area (Å²) in [6, 6.07) is 9.11. The number of aromatic nitrogens is 3. The van der Waals surface area contributed by atoms with Crippen molar-refractivity contribution in [2.45, 2.75) is 39.5 Å². The number of piperazine rings is 1. The van der Waals surface area contributed by atoms with Crippen LogP contribution in [0.5, 0.6) is 0 Å². The number of rotatable bonds is 5. The number of nitrogens with one attached hydrogen (secondary N) is 1. The number of aryl methyl sites for hydroxylation is 1. The van der Waals surface area contributed by atoms with Crippen LogP contribution in [0.3, 0.4) is 0 Å². The Morgan fingerprint density at radius 3 is 2.47 bits per heavy atom. The second-order valence-corrected chi connectivity index (χ2v) is 11.2. The Labute approximate surface area is 248 Å². The van der Waals surface area contributed by atoms with Crippen LogP contribution in [0.1, 0.15) is 58.1 Å². The van der Waals surface area contributed by atoms with Crippen molar-refractivity contribution in [1.82, 2.24) is 24.3 Å². The fraction of sp³-hybridized carbons (Fsp3) is 0.344. The maximum Gasteiger partial charge on any atom is 0.416 e. The Bertz CT molecular complexity index is 1720. The van der Waals surface area contributed by atoms with Crippen molar-refractivity contribution in [3.63, 3.8) is 0 Å². The molecule has 1 aliphatic heterocycles. The highest BCUT2D eigenvalue weighted by Gasteiger charge is 2.34. The van der Waals surface area contributed by atoms with Crippen LogP contribution in [0, 0.1) is 18.8 Å². The number of hydrogen-bond acceptors (Lipinski definition) is 6. The Morgan fingerprint density at radius 1 is 1.05 bits per heavy atom. The maximum atomic E-state index is 14.0. The third-order valence-corrected chi connectivity index (χ3v) is 7.69. The van der Waals surface area contributed by atoms with Crippen LogP contribution in [0.2, 0.25) is 0 Å². The SMILES string of the molecule is Cc1ccc(C(=O)Nc2ccc(CN3CCN(C)CC3)c(C(F)(F)F)c2)cc1C#Cc1cn(C(C)C)c2ncnc(N)c12. The second-order valence-electron chi connectivity index (χ2n) is 11.2. The van der Waals surface area contributed by atoms with Gasteiger partial charge in [-0.2, -0.15) is 13.2 Å². The molecule has 8 nitrogen and oxygen atoms in total. The van der Waals surface area contributed by atoms with Gasteiger partial charge in [0.15, 0.2) is 0 Å². The lowest BCUT2D eigenvalue weighted by Crippen LogP contribution is -2.44. The van der Waals surface area contributed by atoms with E-state index in [0.717, 1.165) is 24.7 Å². The van der Waals surface area contributed by atoms with Crippen LogP contribution >= 0.6 is 0 Å². The number of nitrogens with two attached hydrogens (primary N) is 1. The van der Waals surface area contributed by atoms with Crippen molar-refractivity contribution in [1.29, 1.82) is 0 Å². The molecule has 2 aromatic carbocycles. The van der Waals surface area contributed by atoms with Crippen molar-refractivity contribution in [3.05, 3.63) is 82.3 Å². The van der Waals surface area contributed by atoms with Gasteiger partial charge >= 0.3 is 6.18 Å². The van der Waals surface area contributed by atoms with Crippen molar-refractivity contribution in [2.24, 2.45) is 0 Å². The van der Waals surface area contributed by atoms with Gasteiger partial charge in [-0.1, -0.05) is 24.0 Å². The van der Waals surface area contributed by atoms with Gasteiger partial charge in [-0.15, -0.1) is 0 Å². The summed E-state index contributed by atoms with van der Waals surface area (Å²) in [4.78, 5) is 25.8. The number of nitrogens with zero attached hydrogens (tertiary/aromatic N) is 5. The predicted molar refractivity (Wildman–Crippen MR) is 162 cm³/mol. The highest BCUT2D eigenvalue weighted by molar-refractivity contribution is 6.04. The van der Waals surface area contributed by atoms with E-state index in [-0.39, 0.29) is 29.4 Å². The molecule has 1 fully saturated rings. The summed E-state index contributed by atoms with van der Waals surface area (Å²) >= 11 is 0. The van der Waals surface area contributed by atoms with E-state index < -0.39 is 17.6 Å². The van der Waals surface area contributed by atoms with E-state index in [4.69, 9.17) is 5.73 Å². The smallest absolute Gasteiger partial charge is 0.383 e. The van der Waals surface area contributed by atoms with Crippen LogP contribution in [-0.4, -0.2) is 63.5 Å². The minimum Gasteiger partial charge on any atom is -0.383 e. The molecule has 3 heterocycles. The first-order valence-corrected chi connectivity index (χ1v) is 14.1. The summed E-state index contributed by atoms with van der Waals surface area (Å²) in [6.07, 6.45) is -1.26. The number of benzene rings is 2. The van der Waals surface area contributed by atoms with Gasteiger partial charge in [0.1, 0.15) is 17.8 Å². The van der Waals surface area contributed by atoms with E-state index in [1.165, 1.54) is 18.5 Å². The topological polar surface area (TPSA) is 92.3 Å². The molecule has 5 rings (SSSR count). The van der Waals surface area contributed by atoms with E-state index in [1.807, 2.05) is 43.5 Å². The molecule has 0 atom stereocenters. The van der Waals surface area contributed by atoms with Crippen LogP contribution in [0.4, 0.5) is 24.7 Å². The van der Waals surface area contributed by atoms with Gasteiger partial charge in [0.25, 0.3) is 5.91 Å². The van der Waals surface area contributed by atoms with Crippen LogP contribution < -0.4 is 11.1 Å². The number of halogens is 3. The van der Waals surface area contributed by atoms with E-state index in [9.17, 15) is 18.0 Å². The summed E-state index contributed by atoms with van der Waals surface area (Å²) in [6.45, 7) is 9.14. The third-order valence-electron chi connectivity index (χ3n) is 7.69. The van der Waals surface area contributed by atoms with E-state index in [0.29, 0.717) is 41.1 Å². The lowest BCUT2D eigenvalue weighted by Gasteiger charge is -2.33. The molecule has 224 valence electrons. The molecular weight excluding hydrogens is 555 g/mol. The van der Waals surface area contributed by atoms with E-state index in [2.05, 4.69) is 32.0 Å². The van der Waals surface area contributed by atoms with Crippen molar-refractivity contribution >= 4 is 28.4 Å². The first-order valence-electron chi connectivity index (χ1n) is 14.1. The van der Waals surface area contributed by atoms with Crippen molar-refractivity contribution in [3.8, 4) is 11.8 Å². The monoisotopic (exact) mass is 589 g/mol. The van der Waals surface area contributed by atoms with Crippen molar-refractivity contribution in [2.75, 3.05) is 44.3 Å². The average Bonchev–Trinajstić information content (AvgIpc) is 3.34. The molecule has 1 saturated heterocycles. The van der Waals surface area contributed by atoms with Gasteiger partial charge in [0.05, 0.1) is 16.5 Å². The van der Waals surface area contributed by atoms with Gasteiger partial charge in [0.2, 0.25) is 0 Å². The number of fused-ring (bicyclic) bond motifs is 1. The highest BCUT2D eigenvalue weighted by Crippen LogP contribution is 2.35. The predicted octanol–water partition coefficient (Wildman–Crippen LogP) is 5.32. The number of anilines is 2. The lowest BCUT2D eigenvalue weighted by atomic mass is 10.0. The summed E-state index contributed by atoms with van der Waals surface area (Å²) in [7, 11) is 2.00. The van der Waals surface area contributed by atoms with Gasteiger partial charge in [0, 0.05) is 61.8 Å². The van der Waals surface area contributed by atoms with Gasteiger partial charge in [-0.05, 0) is 63.2 Å². The molecule has 3 N–H and O–H groups in total. The fourth-order valence-corrected chi connectivity index (χ4v) is 5.14. The zero-order valence-corrected chi connectivity index (χ0v) is 24.6. The number of hydrogen-bond donors (Lipinski definition) is 2. The largest absolute Gasteiger partial charge is 0.416 e. The minimum atomic E-state index is -4.55. The molecule has 0 unspecified atom stereocenters. The molecule has 0 bridgehead atoms. The Hall–Kier alpha value is -4.40. The molecule has 43 heavy (non-hydrogen) atoms. The molecule has 0 aliphatic carbocycles. The highest BCUT2D eigenvalue weighted by atomic mass is 19.4. The molecule has 1 amide bonds. The summed E-state index contributed by atoms with van der Waals surface area (Å²) in [5.41, 5.74) is 8.72. The normalized spacial score (nSPS) is 14.6. The van der Waals surface area contributed by atoms with E-state index >= 15 is 0 Å². The quantitative estimate of drug-likeness (QED) is 0.306. The van der Waals surface area contributed by atoms with Gasteiger partial charge in [-0.25, -0.2) is 9.97 Å². The lowest BCUT2D eigenvalue weighted by molar-refractivity contribution is -0.138. The molecule has 0 saturated carbocycles. The number of likely N-dealkylation sites (N-methyl/N-ethyl adjacent to an activating group) is 1. The fourth-order valence-electron chi connectivity index (χ4n) is 5.14. The number of carbonyl (C=O) groups excluding carboxylic acids is 1. The summed E-state index contributed by atoms with van der Waals surface area (Å²) < 4.78 is 44.0. The first kappa shape index (κ1) is 30.1. The van der Waals surface area contributed by atoms with E-state index in [1.54, 1.807) is 18.2 Å². The van der Waals surface area contributed by atoms with Crippen molar-refractivity contribution < 1.29 is 18.0 Å². The van der Waals surface area contributed by atoms with Gasteiger partial charge < -0.3 is 20.5 Å². The molecule has 0 radical (unpaired) electrons. The maximum absolute atomic E-state index is 14.0.